The lowest BCUT2D eigenvalue weighted by molar-refractivity contribution is -0.124. The van der Waals surface area contributed by atoms with E-state index in [1.54, 1.807) is 4.90 Å². The van der Waals surface area contributed by atoms with E-state index in [1.165, 1.54) is 0 Å². The van der Waals surface area contributed by atoms with Crippen molar-refractivity contribution in [3.63, 3.8) is 0 Å². The molecule has 2 aliphatic rings. The van der Waals surface area contributed by atoms with E-state index in [2.05, 4.69) is 38.7 Å². The summed E-state index contributed by atoms with van der Waals surface area (Å²) in [6.45, 7) is 1.82. The second kappa shape index (κ2) is 9.05. The maximum Gasteiger partial charge on any atom is 0.346 e. The minimum atomic E-state index is -0.639. The highest BCUT2D eigenvalue weighted by Crippen LogP contribution is 2.36. The zero-order chi connectivity index (χ0) is 23.5. The Morgan fingerprint density at radius 3 is 2.50 bits per heavy atom. The molecule has 2 saturated heterocycles. The summed E-state index contributed by atoms with van der Waals surface area (Å²) in [6.07, 6.45) is 1.08. The molecular formula is C26H28N6O2. The molecule has 0 atom stereocenters. The molecule has 3 amide bonds. The van der Waals surface area contributed by atoms with E-state index in [0.717, 1.165) is 22.0 Å². The minimum absolute atomic E-state index is 0.0169. The van der Waals surface area contributed by atoms with Gasteiger partial charge in [0.2, 0.25) is 5.91 Å². The number of likely N-dealkylation sites (tertiary alicyclic amines) is 1. The number of carbonyl (C=O) groups excluding carboxylic acids is 2. The monoisotopic (exact) mass is 456 g/mol. The molecule has 0 aliphatic carbocycles. The summed E-state index contributed by atoms with van der Waals surface area (Å²) in [4.78, 5) is 33.4. The fraction of sp³-hybridized carbons (Fsp3) is 0.269. The van der Waals surface area contributed by atoms with Gasteiger partial charge in [0.05, 0.1) is 6.67 Å². The maximum atomic E-state index is 12.8. The molecule has 0 aromatic heterocycles. The quantitative estimate of drug-likeness (QED) is 0.415. The van der Waals surface area contributed by atoms with Crippen LogP contribution in [-0.2, 0) is 11.3 Å². The van der Waals surface area contributed by atoms with Crippen LogP contribution in [-0.4, -0.2) is 48.1 Å². The third-order valence-corrected chi connectivity index (χ3v) is 6.82. The minimum Gasteiger partial charge on any atom is -0.370 e. The second-order valence-electron chi connectivity index (χ2n) is 8.72. The average Bonchev–Trinajstić information content (AvgIpc) is 3.18. The number of amides is 3. The van der Waals surface area contributed by atoms with Crippen molar-refractivity contribution in [1.29, 1.82) is 0 Å². The zero-order valence-corrected chi connectivity index (χ0v) is 18.9. The van der Waals surface area contributed by atoms with E-state index in [-0.39, 0.29) is 17.9 Å². The van der Waals surface area contributed by atoms with Gasteiger partial charge in [-0.25, -0.2) is 4.79 Å². The summed E-state index contributed by atoms with van der Waals surface area (Å²) >= 11 is 0. The van der Waals surface area contributed by atoms with Crippen LogP contribution in [0, 0.1) is 0 Å². The number of hydrogen-bond acceptors (Lipinski definition) is 3. The highest BCUT2D eigenvalue weighted by atomic mass is 16.2. The number of carbonyl (C=O) groups is 2. The highest BCUT2D eigenvalue weighted by Gasteiger charge is 2.50. The average molecular weight is 457 g/mol. The number of piperidine rings is 1. The Morgan fingerprint density at radius 2 is 1.71 bits per heavy atom. The van der Waals surface area contributed by atoms with Gasteiger partial charge >= 0.3 is 6.03 Å². The predicted molar refractivity (Wildman–Crippen MR) is 133 cm³/mol. The molecule has 0 unspecified atom stereocenters. The summed E-state index contributed by atoms with van der Waals surface area (Å²) in [7, 11) is 0. The van der Waals surface area contributed by atoms with Crippen molar-refractivity contribution in [3.05, 3.63) is 78.4 Å². The van der Waals surface area contributed by atoms with Crippen molar-refractivity contribution < 1.29 is 9.59 Å². The van der Waals surface area contributed by atoms with Crippen LogP contribution in [0.15, 0.2) is 77.8 Å². The molecule has 2 fully saturated rings. The summed E-state index contributed by atoms with van der Waals surface area (Å²) < 4.78 is 0. The molecule has 1 spiro atoms. The molecule has 0 saturated carbocycles. The van der Waals surface area contributed by atoms with Crippen LogP contribution in [0.3, 0.4) is 0 Å². The van der Waals surface area contributed by atoms with Crippen molar-refractivity contribution in [2.75, 3.05) is 24.7 Å². The van der Waals surface area contributed by atoms with Crippen LogP contribution < -0.4 is 21.3 Å². The van der Waals surface area contributed by atoms with Gasteiger partial charge in [0.15, 0.2) is 5.96 Å². The maximum absolute atomic E-state index is 12.8. The Hall–Kier alpha value is -4.07. The van der Waals surface area contributed by atoms with Crippen molar-refractivity contribution in [3.8, 4) is 0 Å². The molecular weight excluding hydrogens is 428 g/mol. The molecule has 0 radical (unpaired) electrons. The Balaban J connectivity index is 1.22. The number of benzene rings is 3. The van der Waals surface area contributed by atoms with E-state index in [9.17, 15) is 9.59 Å². The first-order valence-corrected chi connectivity index (χ1v) is 11.5. The molecule has 2 heterocycles. The lowest BCUT2D eigenvalue weighted by Gasteiger charge is -2.42. The van der Waals surface area contributed by atoms with Gasteiger partial charge in [-0.3, -0.25) is 4.79 Å². The number of guanidine groups is 1. The number of fused-ring (bicyclic) bond motifs is 1. The Bertz CT molecular complexity index is 1230. The molecule has 8 nitrogen and oxygen atoms in total. The van der Waals surface area contributed by atoms with Crippen LogP contribution >= 0.6 is 0 Å². The summed E-state index contributed by atoms with van der Waals surface area (Å²) in [5.41, 5.74) is 7.47. The SMILES string of the molecule is NC(=NC(=O)N1CCC2(CC1)C(=O)NCN2c1ccccc1)NCc1cccc2ccccc12. The van der Waals surface area contributed by atoms with Crippen LogP contribution in [0.5, 0.6) is 0 Å². The van der Waals surface area contributed by atoms with Crippen molar-refractivity contribution in [2.24, 2.45) is 10.7 Å². The molecule has 5 rings (SSSR count). The molecule has 8 heteroatoms. The first-order chi connectivity index (χ1) is 16.6. The van der Waals surface area contributed by atoms with Gasteiger partial charge in [-0.2, -0.15) is 4.99 Å². The highest BCUT2D eigenvalue weighted by molar-refractivity contribution is 5.95. The second-order valence-corrected chi connectivity index (χ2v) is 8.72. The largest absolute Gasteiger partial charge is 0.370 e. The fourth-order valence-electron chi connectivity index (χ4n) is 4.95. The van der Waals surface area contributed by atoms with Gasteiger partial charge in [0.1, 0.15) is 5.54 Å². The molecule has 4 N–H and O–H groups in total. The van der Waals surface area contributed by atoms with Crippen LogP contribution in [0.25, 0.3) is 10.8 Å². The lowest BCUT2D eigenvalue weighted by Crippen LogP contribution is -2.57. The third-order valence-electron chi connectivity index (χ3n) is 6.82. The topological polar surface area (TPSA) is 103 Å². The first kappa shape index (κ1) is 21.8. The van der Waals surface area contributed by atoms with Crippen molar-refractivity contribution >= 4 is 34.4 Å². The van der Waals surface area contributed by atoms with Gasteiger partial charge in [-0.05, 0) is 41.3 Å². The number of rotatable bonds is 3. The van der Waals surface area contributed by atoms with E-state index in [0.29, 0.717) is 39.1 Å². The fourth-order valence-corrected chi connectivity index (χ4v) is 4.95. The number of anilines is 1. The lowest BCUT2D eigenvalue weighted by atomic mass is 9.86. The summed E-state index contributed by atoms with van der Waals surface area (Å²) in [6, 6.07) is 23.7. The van der Waals surface area contributed by atoms with E-state index in [1.807, 2.05) is 54.6 Å². The Morgan fingerprint density at radius 1 is 1.00 bits per heavy atom. The Kier molecular flexibility index (Phi) is 5.79. The molecule has 174 valence electrons. The zero-order valence-electron chi connectivity index (χ0n) is 18.9. The third kappa shape index (κ3) is 4.03. The summed E-state index contributed by atoms with van der Waals surface area (Å²) in [5.74, 6) is 0.103. The summed E-state index contributed by atoms with van der Waals surface area (Å²) in [5, 5.41) is 8.31. The Labute approximate surface area is 198 Å². The molecule has 34 heavy (non-hydrogen) atoms. The molecule has 3 aromatic rings. The number of nitrogens with one attached hydrogen (secondary N) is 2. The van der Waals surface area contributed by atoms with E-state index < -0.39 is 5.54 Å². The van der Waals surface area contributed by atoms with Crippen molar-refractivity contribution in [2.45, 2.75) is 24.9 Å². The van der Waals surface area contributed by atoms with Crippen LogP contribution in [0.1, 0.15) is 18.4 Å². The predicted octanol–water partition coefficient (Wildman–Crippen LogP) is 2.79. The van der Waals surface area contributed by atoms with Crippen LogP contribution in [0.4, 0.5) is 10.5 Å². The van der Waals surface area contributed by atoms with Gasteiger partial charge in [-0.15, -0.1) is 0 Å². The number of urea groups is 1. The van der Waals surface area contributed by atoms with Gasteiger partial charge in [0, 0.05) is 25.3 Å². The van der Waals surface area contributed by atoms with Gasteiger partial charge in [-0.1, -0.05) is 60.7 Å². The van der Waals surface area contributed by atoms with Gasteiger partial charge in [0.25, 0.3) is 0 Å². The number of nitrogens with two attached hydrogens (primary N) is 1. The molecule has 2 aliphatic heterocycles. The number of para-hydroxylation sites is 1. The van der Waals surface area contributed by atoms with E-state index >= 15 is 0 Å². The number of hydrogen-bond donors (Lipinski definition) is 3. The van der Waals surface area contributed by atoms with Crippen molar-refractivity contribution in [1.82, 2.24) is 15.5 Å². The molecule has 3 aromatic carbocycles. The smallest absolute Gasteiger partial charge is 0.346 e. The number of nitrogens with zero attached hydrogens (tertiary/aromatic N) is 3. The normalized spacial score (nSPS) is 17.8. The first-order valence-electron chi connectivity index (χ1n) is 11.5. The molecule has 0 bridgehead atoms. The van der Waals surface area contributed by atoms with E-state index in [4.69, 9.17) is 5.73 Å². The standard InChI is InChI=1S/C26H28N6O2/c27-24(28-17-20-9-6-8-19-7-4-5-12-22(19)20)30-25(34)31-15-13-26(14-16-31)23(33)29-18-32(26)21-10-2-1-3-11-21/h1-12H,13-18H2,(H,29,33)(H3,27,28,30,34). The number of aliphatic imine (C=N–C) groups is 1. The van der Waals surface area contributed by atoms with Gasteiger partial charge < -0.3 is 26.2 Å². The van der Waals surface area contributed by atoms with Crippen LogP contribution in [0.2, 0.25) is 0 Å².